The molecule has 56 valence electrons. The lowest BCUT2D eigenvalue weighted by Gasteiger charge is -1.92. The summed E-state index contributed by atoms with van der Waals surface area (Å²) in [5, 5.41) is 0. The number of rotatable bonds is 1. The van der Waals surface area contributed by atoms with Crippen molar-refractivity contribution in [3.05, 3.63) is 18.3 Å². The first-order valence-corrected chi connectivity index (χ1v) is 3.64. The highest BCUT2D eigenvalue weighted by molar-refractivity contribution is 6.17. The van der Waals surface area contributed by atoms with E-state index in [1.807, 2.05) is 0 Å². The Morgan fingerprint density at radius 3 is 3.09 bits per heavy atom. The molecule has 5 heteroatoms. The fourth-order valence-electron chi connectivity index (χ4n) is 0.916. The first-order chi connectivity index (χ1) is 5.42. The number of hydrogen-bond donors (Lipinski definition) is 1. The molecule has 2 heterocycles. The van der Waals surface area contributed by atoms with Crippen LogP contribution in [-0.2, 0) is 5.88 Å². The summed E-state index contributed by atoms with van der Waals surface area (Å²) in [4.78, 5) is 14.8. The number of imidazole rings is 1. The molecule has 0 saturated heterocycles. The van der Waals surface area contributed by atoms with Crippen LogP contribution in [0, 0.1) is 0 Å². The van der Waals surface area contributed by atoms with Gasteiger partial charge in [-0.3, -0.25) is 0 Å². The van der Waals surface area contributed by atoms with Gasteiger partial charge in [-0.15, -0.1) is 11.6 Å². The summed E-state index contributed by atoms with van der Waals surface area (Å²) < 4.78 is 0. The molecule has 0 saturated carbocycles. The van der Waals surface area contributed by atoms with Crippen molar-refractivity contribution in [2.45, 2.75) is 5.88 Å². The Hall–Kier alpha value is -1.16. The van der Waals surface area contributed by atoms with E-state index in [-0.39, 0.29) is 0 Å². The Balaban J connectivity index is 2.79. The molecule has 1 N–H and O–H groups in total. The summed E-state index contributed by atoms with van der Waals surface area (Å²) in [6, 6.07) is 0. The molecule has 2 aromatic rings. The highest BCUT2D eigenvalue weighted by Gasteiger charge is 2.02. The fraction of sp³-hybridized carbons (Fsp3) is 0.167. The number of alkyl halides is 1. The van der Waals surface area contributed by atoms with Gasteiger partial charge in [0.2, 0.25) is 0 Å². The van der Waals surface area contributed by atoms with Crippen LogP contribution in [0.25, 0.3) is 11.2 Å². The third-order valence-electron chi connectivity index (χ3n) is 1.43. The normalized spacial score (nSPS) is 10.6. The molecule has 2 aromatic heterocycles. The summed E-state index contributed by atoms with van der Waals surface area (Å²) in [5.41, 5.74) is 2.27. The van der Waals surface area contributed by atoms with Crippen LogP contribution in [0.15, 0.2) is 12.7 Å². The number of hydrogen-bond acceptors (Lipinski definition) is 3. The van der Waals surface area contributed by atoms with Crippen LogP contribution in [0.4, 0.5) is 0 Å². The molecule has 0 aromatic carbocycles. The van der Waals surface area contributed by atoms with Crippen molar-refractivity contribution in [1.82, 2.24) is 19.9 Å². The van der Waals surface area contributed by atoms with Crippen LogP contribution in [0.3, 0.4) is 0 Å². The van der Waals surface area contributed by atoms with Crippen LogP contribution in [0.5, 0.6) is 0 Å². The molecular weight excluding hydrogens is 164 g/mol. The molecule has 0 aliphatic heterocycles. The number of nitrogens with zero attached hydrogens (tertiary/aromatic N) is 3. The molecule has 0 amide bonds. The maximum Gasteiger partial charge on any atom is 0.180 e. The Labute approximate surface area is 67.6 Å². The second-order valence-electron chi connectivity index (χ2n) is 2.06. The van der Waals surface area contributed by atoms with Crippen LogP contribution in [0.1, 0.15) is 5.69 Å². The molecule has 0 bridgehead atoms. The highest BCUT2D eigenvalue weighted by atomic mass is 35.5. The van der Waals surface area contributed by atoms with E-state index in [4.69, 9.17) is 11.6 Å². The van der Waals surface area contributed by atoms with Gasteiger partial charge in [-0.25, -0.2) is 15.0 Å². The van der Waals surface area contributed by atoms with Gasteiger partial charge in [-0.2, -0.15) is 0 Å². The van der Waals surface area contributed by atoms with Crippen molar-refractivity contribution in [3.8, 4) is 0 Å². The monoisotopic (exact) mass is 168 g/mol. The molecule has 0 atom stereocenters. The van der Waals surface area contributed by atoms with Crippen LogP contribution >= 0.6 is 11.6 Å². The van der Waals surface area contributed by atoms with E-state index in [1.165, 1.54) is 6.33 Å². The molecule has 0 unspecified atom stereocenters. The number of nitrogens with one attached hydrogen (secondary N) is 1. The highest BCUT2D eigenvalue weighted by Crippen LogP contribution is 2.10. The third-order valence-corrected chi connectivity index (χ3v) is 1.68. The lowest BCUT2D eigenvalue weighted by molar-refractivity contribution is 1.12. The zero-order valence-corrected chi connectivity index (χ0v) is 6.34. The zero-order chi connectivity index (χ0) is 7.68. The van der Waals surface area contributed by atoms with Gasteiger partial charge in [0.1, 0.15) is 11.8 Å². The van der Waals surface area contributed by atoms with E-state index in [1.54, 1.807) is 6.33 Å². The smallest absolute Gasteiger partial charge is 0.180 e. The van der Waals surface area contributed by atoms with E-state index in [0.717, 1.165) is 11.2 Å². The Morgan fingerprint density at radius 2 is 2.27 bits per heavy atom. The fourth-order valence-corrected chi connectivity index (χ4v) is 1.12. The molecule has 0 fully saturated rings. The standard InChI is InChI=1S/C6H5ClN4/c7-1-4-5-6(10-2-8-4)11-3-9-5/h2-3H,1H2,(H,8,9,10,11). The summed E-state index contributed by atoms with van der Waals surface area (Å²) in [7, 11) is 0. The Kier molecular flexibility index (Phi) is 1.47. The third kappa shape index (κ3) is 0.952. The van der Waals surface area contributed by atoms with Crippen LogP contribution in [-0.4, -0.2) is 19.9 Å². The van der Waals surface area contributed by atoms with Crippen molar-refractivity contribution >= 4 is 22.8 Å². The predicted octanol–water partition coefficient (Wildman–Crippen LogP) is 1.09. The van der Waals surface area contributed by atoms with E-state index >= 15 is 0 Å². The van der Waals surface area contributed by atoms with Crippen molar-refractivity contribution < 1.29 is 0 Å². The topological polar surface area (TPSA) is 54.5 Å². The lowest BCUT2D eigenvalue weighted by Crippen LogP contribution is -1.88. The SMILES string of the molecule is ClCc1ncnc2nc[nH]c12. The number of H-pyrrole nitrogens is 1. The number of aromatic nitrogens is 4. The van der Waals surface area contributed by atoms with Crippen LogP contribution in [0.2, 0.25) is 0 Å². The minimum Gasteiger partial charge on any atom is -0.342 e. The zero-order valence-electron chi connectivity index (χ0n) is 5.58. The van der Waals surface area contributed by atoms with E-state index in [9.17, 15) is 0 Å². The van der Waals surface area contributed by atoms with Gasteiger partial charge in [-0.1, -0.05) is 0 Å². The van der Waals surface area contributed by atoms with E-state index in [2.05, 4.69) is 19.9 Å². The average molecular weight is 169 g/mol. The predicted molar refractivity (Wildman–Crippen MR) is 41.2 cm³/mol. The second kappa shape index (κ2) is 2.47. The van der Waals surface area contributed by atoms with Crippen molar-refractivity contribution in [1.29, 1.82) is 0 Å². The largest absolute Gasteiger partial charge is 0.342 e. The molecule has 2 rings (SSSR count). The minimum absolute atomic E-state index is 0.376. The maximum atomic E-state index is 5.62. The summed E-state index contributed by atoms with van der Waals surface area (Å²) in [5.74, 6) is 0.376. The van der Waals surface area contributed by atoms with Crippen molar-refractivity contribution in [3.63, 3.8) is 0 Å². The van der Waals surface area contributed by atoms with Gasteiger partial charge in [0.05, 0.1) is 17.9 Å². The van der Waals surface area contributed by atoms with Gasteiger partial charge >= 0.3 is 0 Å². The van der Waals surface area contributed by atoms with Gasteiger partial charge in [0.15, 0.2) is 5.65 Å². The van der Waals surface area contributed by atoms with Crippen molar-refractivity contribution in [2.75, 3.05) is 0 Å². The molecule has 0 aliphatic carbocycles. The molecule has 4 nitrogen and oxygen atoms in total. The molecular formula is C6H5ClN4. The van der Waals surface area contributed by atoms with E-state index in [0.29, 0.717) is 11.5 Å². The number of halogens is 1. The summed E-state index contributed by atoms with van der Waals surface area (Å²) in [6.45, 7) is 0. The first kappa shape index (κ1) is 6.54. The van der Waals surface area contributed by atoms with E-state index < -0.39 is 0 Å². The number of fused-ring (bicyclic) bond motifs is 1. The molecule has 11 heavy (non-hydrogen) atoms. The Bertz CT molecular complexity index is 369. The number of aromatic amines is 1. The second-order valence-corrected chi connectivity index (χ2v) is 2.32. The Morgan fingerprint density at radius 1 is 1.36 bits per heavy atom. The van der Waals surface area contributed by atoms with Crippen molar-refractivity contribution in [2.24, 2.45) is 0 Å². The maximum absolute atomic E-state index is 5.62. The van der Waals surface area contributed by atoms with Crippen LogP contribution < -0.4 is 0 Å². The summed E-state index contributed by atoms with van der Waals surface area (Å²) in [6.07, 6.45) is 3.04. The van der Waals surface area contributed by atoms with Gasteiger partial charge in [-0.05, 0) is 0 Å². The summed E-state index contributed by atoms with van der Waals surface area (Å²) >= 11 is 5.62. The first-order valence-electron chi connectivity index (χ1n) is 3.10. The minimum atomic E-state index is 0.376. The quantitative estimate of drug-likeness (QED) is 0.649. The molecule has 0 spiro atoms. The molecule has 0 aliphatic rings. The molecule has 0 radical (unpaired) electrons. The lowest BCUT2D eigenvalue weighted by atomic mass is 10.4. The average Bonchev–Trinajstić information content (AvgIpc) is 2.50. The van der Waals surface area contributed by atoms with Gasteiger partial charge in [0.25, 0.3) is 0 Å². The van der Waals surface area contributed by atoms with Gasteiger partial charge < -0.3 is 4.98 Å². The van der Waals surface area contributed by atoms with Gasteiger partial charge in [0, 0.05) is 0 Å².